The van der Waals surface area contributed by atoms with Crippen molar-refractivity contribution in [2.45, 2.75) is 76.3 Å². The van der Waals surface area contributed by atoms with Crippen LogP contribution in [0.4, 0.5) is 0 Å². The number of nitrogens with zero attached hydrogens (tertiary/aromatic N) is 2. The SMILES string of the molecule is C1=CCC(N(C2=CCCC=C2)C2=CC=C(C3=c4ccccc4=C(C4=CC=C(N(C5=CCCC=C5)C5C=CC=CC5)CC4)C4C=CC=CC34)CC2)C=C1. The standard InChI is InChI=1S/C50H50N2/c1-5-17-39(18-6-1)51(40-19-7-2-8-20-40)43-33-29-37(30-34-43)49-45-25-13-15-27-47(45)50(48-28-16-14-26-46(48)49)38-31-35-44(36-32-38)52(41-21-9-3-10-22-41)42-23-11-4-12-24-42/h1,3,5-7,9-11,13-17,19-21,23-29,31,33,35,39,41,45,47H,2,4,8,12,18,22,30,32,34,36H2. The van der Waals surface area contributed by atoms with Crippen molar-refractivity contribution in [1.29, 1.82) is 0 Å². The van der Waals surface area contributed by atoms with Crippen molar-refractivity contribution in [3.05, 3.63) is 202 Å². The molecule has 0 heterocycles. The number of rotatable bonds is 8. The fourth-order valence-electron chi connectivity index (χ4n) is 9.56. The van der Waals surface area contributed by atoms with E-state index in [-0.39, 0.29) is 0 Å². The summed E-state index contributed by atoms with van der Waals surface area (Å²) in [5.74, 6) is 0.671. The summed E-state index contributed by atoms with van der Waals surface area (Å²) in [5, 5.41) is 2.84. The van der Waals surface area contributed by atoms with Crippen LogP contribution in [0.2, 0.25) is 0 Å². The fourth-order valence-corrected chi connectivity index (χ4v) is 9.56. The van der Waals surface area contributed by atoms with E-state index < -0.39 is 0 Å². The Morgan fingerprint density at radius 2 is 0.942 bits per heavy atom. The topological polar surface area (TPSA) is 6.48 Å². The molecule has 0 fully saturated rings. The Labute approximate surface area is 310 Å². The highest BCUT2D eigenvalue weighted by atomic mass is 15.2. The van der Waals surface area contributed by atoms with Gasteiger partial charge in [-0.1, -0.05) is 134 Å². The van der Waals surface area contributed by atoms with Gasteiger partial charge in [0.05, 0.1) is 12.1 Å². The third-order valence-corrected chi connectivity index (χ3v) is 12.0. The summed E-state index contributed by atoms with van der Waals surface area (Å²) in [6, 6.07) is 10.0. The molecule has 8 aliphatic rings. The quantitative estimate of drug-likeness (QED) is 0.270. The zero-order chi connectivity index (χ0) is 34.7. The highest BCUT2D eigenvalue weighted by Gasteiger charge is 2.35. The Bertz CT molecular complexity index is 2020. The minimum atomic E-state index is 0.335. The van der Waals surface area contributed by atoms with E-state index in [9.17, 15) is 0 Å². The van der Waals surface area contributed by atoms with Gasteiger partial charge in [-0.25, -0.2) is 0 Å². The average Bonchev–Trinajstić information content (AvgIpc) is 3.22. The summed E-state index contributed by atoms with van der Waals surface area (Å²) in [7, 11) is 0. The molecule has 8 aliphatic carbocycles. The highest BCUT2D eigenvalue weighted by molar-refractivity contribution is 5.81. The van der Waals surface area contributed by atoms with E-state index in [2.05, 4.69) is 168 Å². The van der Waals surface area contributed by atoms with Gasteiger partial charge in [-0.2, -0.15) is 0 Å². The Kier molecular flexibility index (Phi) is 9.38. The molecule has 0 amide bonds. The summed E-state index contributed by atoms with van der Waals surface area (Å²) in [6.07, 6.45) is 62.6. The van der Waals surface area contributed by atoms with Gasteiger partial charge in [-0.05, 0) is 121 Å². The maximum absolute atomic E-state index is 2.61. The molecule has 1 aromatic carbocycles. The minimum Gasteiger partial charge on any atom is -0.338 e. The van der Waals surface area contributed by atoms with Gasteiger partial charge < -0.3 is 9.80 Å². The Hall–Kier alpha value is -5.08. The van der Waals surface area contributed by atoms with Gasteiger partial charge in [-0.3, -0.25) is 0 Å². The van der Waals surface area contributed by atoms with Crippen LogP contribution in [0.3, 0.4) is 0 Å². The van der Waals surface area contributed by atoms with E-state index in [1.54, 1.807) is 0 Å². The molecule has 1 aromatic rings. The Balaban J connectivity index is 1.11. The molecule has 0 spiro atoms. The minimum absolute atomic E-state index is 0.335. The molecule has 0 bridgehead atoms. The second-order valence-electron chi connectivity index (χ2n) is 15.1. The third-order valence-electron chi connectivity index (χ3n) is 12.0. The van der Waals surface area contributed by atoms with Crippen molar-refractivity contribution in [1.82, 2.24) is 9.80 Å². The van der Waals surface area contributed by atoms with Crippen molar-refractivity contribution in [3.8, 4) is 0 Å². The van der Waals surface area contributed by atoms with Crippen LogP contribution in [-0.2, 0) is 0 Å². The van der Waals surface area contributed by atoms with Crippen LogP contribution in [0, 0.1) is 11.8 Å². The first-order valence-electron chi connectivity index (χ1n) is 19.8. The van der Waals surface area contributed by atoms with Gasteiger partial charge in [0.1, 0.15) is 0 Å². The lowest BCUT2D eigenvalue weighted by atomic mass is 9.68. The number of fused-ring (bicyclic) bond motifs is 2. The van der Waals surface area contributed by atoms with E-state index in [0.717, 1.165) is 64.2 Å². The molecule has 2 heteroatoms. The summed E-state index contributed by atoms with van der Waals surface area (Å²) in [5.41, 5.74) is 11.6. The maximum Gasteiger partial charge on any atom is 0.0556 e. The van der Waals surface area contributed by atoms with E-state index in [1.165, 1.54) is 55.5 Å². The molecular formula is C50H50N2. The van der Waals surface area contributed by atoms with Crippen molar-refractivity contribution in [3.63, 3.8) is 0 Å². The molecule has 0 aromatic heterocycles. The van der Waals surface area contributed by atoms with Gasteiger partial charge in [0.25, 0.3) is 0 Å². The van der Waals surface area contributed by atoms with Gasteiger partial charge in [0.2, 0.25) is 0 Å². The Morgan fingerprint density at radius 1 is 0.462 bits per heavy atom. The first-order chi connectivity index (χ1) is 25.8. The smallest absolute Gasteiger partial charge is 0.0556 e. The molecule has 9 rings (SSSR count). The van der Waals surface area contributed by atoms with Crippen molar-refractivity contribution >= 4 is 11.1 Å². The molecule has 2 nitrogen and oxygen atoms in total. The molecule has 260 valence electrons. The summed E-state index contributed by atoms with van der Waals surface area (Å²) >= 11 is 0. The van der Waals surface area contributed by atoms with Gasteiger partial charge in [0, 0.05) is 34.6 Å². The largest absolute Gasteiger partial charge is 0.338 e. The molecule has 0 saturated heterocycles. The molecule has 0 saturated carbocycles. The van der Waals surface area contributed by atoms with Gasteiger partial charge in [-0.15, -0.1) is 0 Å². The van der Waals surface area contributed by atoms with Crippen LogP contribution >= 0.6 is 0 Å². The van der Waals surface area contributed by atoms with Crippen LogP contribution in [0.15, 0.2) is 192 Å². The monoisotopic (exact) mass is 678 g/mol. The predicted molar refractivity (Wildman–Crippen MR) is 219 cm³/mol. The maximum atomic E-state index is 2.61. The molecule has 0 radical (unpaired) electrons. The molecular weight excluding hydrogens is 629 g/mol. The van der Waals surface area contributed by atoms with Gasteiger partial charge >= 0.3 is 0 Å². The second kappa shape index (κ2) is 14.9. The fraction of sp³-hybridized carbons (Fsp3) is 0.280. The molecule has 4 unspecified atom stereocenters. The lowest BCUT2D eigenvalue weighted by Gasteiger charge is -2.39. The van der Waals surface area contributed by atoms with Crippen LogP contribution in [0.5, 0.6) is 0 Å². The number of allylic oxidation sites excluding steroid dienone is 22. The average molecular weight is 679 g/mol. The van der Waals surface area contributed by atoms with E-state index >= 15 is 0 Å². The van der Waals surface area contributed by atoms with Crippen molar-refractivity contribution in [2.75, 3.05) is 0 Å². The van der Waals surface area contributed by atoms with E-state index in [1.807, 2.05) is 0 Å². The van der Waals surface area contributed by atoms with Crippen LogP contribution < -0.4 is 10.4 Å². The van der Waals surface area contributed by atoms with Crippen LogP contribution in [0.25, 0.3) is 11.1 Å². The first kappa shape index (κ1) is 32.8. The Morgan fingerprint density at radius 3 is 1.33 bits per heavy atom. The lowest BCUT2D eigenvalue weighted by molar-refractivity contribution is 0.355. The zero-order valence-corrected chi connectivity index (χ0v) is 30.3. The molecule has 0 aliphatic heterocycles. The summed E-state index contributed by atoms with van der Waals surface area (Å²) < 4.78 is 0. The van der Waals surface area contributed by atoms with Crippen molar-refractivity contribution in [2.24, 2.45) is 11.8 Å². The number of hydrogen-bond donors (Lipinski definition) is 0. The van der Waals surface area contributed by atoms with Crippen LogP contribution in [0.1, 0.15) is 64.2 Å². The third kappa shape index (κ3) is 6.34. The summed E-state index contributed by atoms with van der Waals surface area (Å²) in [4.78, 5) is 5.22. The number of hydrogen-bond acceptors (Lipinski definition) is 2. The lowest BCUT2D eigenvalue weighted by Crippen LogP contribution is -2.41. The zero-order valence-electron chi connectivity index (χ0n) is 30.3. The second-order valence-corrected chi connectivity index (χ2v) is 15.1. The van der Waals surface area contributed by atoms with Crippen LogP contribution in [-0.4, -0.2) is 21.9 Å². The molecule has 0 N–H and O–H groups in total. The van der Waals surface area contributed by atoms with E-state index in [4.69, 9.17) is 0 Å². The summed E-state index contributed by atoms with van der Waals surface area (Å²) in [6.45, 7) is 0. The molecule has 4 atom stereocenters. The predicted octanol–water partition coefficient (Wildman–Crippen LogP) is 10.4. The highest BCUT2D eigenvalue weighted by Crippen LogP contribution is 2.45. The van der Waals surface area contributed by atoms with Crippen molar-refractivity contribution < 1.29 is 0 Å². The number of benzene rings is 1. The van der Waals surface area contributed by atoms with E-state index in [0.29, 0.717) is 23.9 Å². The molecule has 52 heavy (non-hydrogen) atoms. The van der Waals surface area contributed by atoms with Gasteiger partial charge in [0.15, 0.2) is 0 Å². The first-order valence-corrected chi connectivity index (χ1v) is 19.8. The normalized spacial score (nSPS) is 27.2.